The molecule has 1 atom stereocenters. The van der Waals surface area contributed by atoms with Crippen molar-refractivity contribution < 1.29 is 13.2 Å². The average Bonchev–Trinajstić information content (AvgIpc) is 2.27. The molecule has 5 heteroatoms. The molecule has 0 aliphatic heterocycles. The first-order valence-corrected chi connectivity index (χ1v) is 6.96. The third kappa shape index (κ3) is 3.71. The Labute approximate surface area is 101 Å². The van der Waals surface area contributed by atoms with E-state index in [2.05, 4.69) is 11.9 Å². The standard InChI is InChI=1S/C12H15NO3S/c1-4-12(14)13-9(2)10-5-7-11(8-6-10)17(3,15)16/h4-9H,1H2,2-3H3,(H,13,14). The van der Waals surface area contributed by atoms with Gasteiger partial charge in [-0.25, -0.2) is 8.42 Å². The quantitative estimate of drug-likeness (QED) is 0.826. The van der Waals surface area contributed by atoms with E-state index in [1.807, 2.05) is 6.92 Å². The fourth-order valence-electron chi connectivity index (χ4n) is 1.36. The van der Waals surface area contributed by atoms with Crippen LogP contribution in [0, 0.1) is 0 Å². The van der Waals surface area contributed by atoms with Crippen molar-refractivity contribution in [3.8, 4) is 0 Å². The number of benzene rings is 1. The second kappa shape index (κ2) is 5.14. The van der Waals surface area contributed by atoms with Gasteiger partial charge in [-0.2, -0.15) is 0 Å². The van der Waals surface area contributed by atoms with Crippen molar-refractivity contribution in [2.75, 3.05) is 6.26 Å². The molecule has 0 spiro atoms. The Hall–Kier alpha value is -1.62. The molecule has 0 radical (unpaired) electrons. The summed E-state index contributed by atoms with van der Waals surface area (Å²) >= 11 is 0. The summed E-state index contributed by atoms with van der Waals surface area (Å²) in [7, 11) is -3.18. The van der Waals surface area contributed by atoms with Gasteiger partial charge in [0.15, 0.2) is 9.84 Å². The fourth-order valence-corrected chi connectivity index (χ4v) is 1.99. The monoisotopic (exact) mass is 253 g/mol. The number of hydrogen-bond donors (Lipinski definition) is 1. The molecule has 4 nitrogen and oxygen atoms in total. The van der Waals surface area contributed by atoms with Crippen molar-refractivity contribution in [1.82, 2.24) is 5.32 Å². The zero-order valence-electron chi connectivity index (χ0n) is 9.80. The summed E-state index contributed by atoms with van der Waals surface area (Å²) in [6.07, 6.45) is 2.35. The van der Waals surface area contributed by atoms with Crippen molar-refractivity contribution in [3.63, 3.8) is 0 Å². The van der Waals surface area contributed by atoms with E-state index in [9.17, 15) is 13.2 Å². The van der Waals surface area contributed by atoms with Crippen LogP contribution in [0.2, 0.25) is 0 Å². The molecule has 1 rings (SSSR count). The Morgan fingerprint density at radius 1 is 1.35 bits per heavy atom. The maximum Gasteiger partial charge on any atom is 0.243 e. The minimum Gasteiger partial charge on any atom is -0.346 e. The summed E-state index contributed by atoms with van der Waals surface area (Å²) in [5.74, 6) is -0.260. The third-order valence-corrected chi connectivity index (χ3v) is 3.48. The summed E-state index contributed by atoms with van der Waals surface area (Å²) in [5.41, 5.74) is 0.840. The maximum atomic E-state index is 11.3. The lowest BCUT2D eigenvalue weighted by Gasteiger charge is -2.13. The summed E-state index contributed by atoms with van der Waals surface area (Å²) < 4.78 is 22.5. The van der Waals surface area contributed by atoms with Crippen molar-refractivity contribution >= 4 is 15.7 Å². The first kappa shape index (κ1) is 13.4. The highest BCUT2D eigenvalue weighted by molar-refractivity contribution is 7.90. The minimum absolute atomic E-state index is 0.186. The van der Waals surface area contributed by atoms with Crippen molar-refractivity contribution in [1.29, 1.82) is 0 Å². The van der Waals surface area contributed by atoms with Crippen LogP contribution in [0.4, 0.5) is 0 Å². The molecule has 0 heterocycles. The Kier molecular flexibility index (Phi) is 4.07. The van der Waals surface area contributed by atoms with Crippen LogP contribution in [-0.4, -0.2) is 20.6 Å². The number of rotatable bonds is 4. The maximum absolute atomic E-state index is 11.3. The van der Waals surface area contributed by atoms with Gasteiger partial charge in [-0.05, 0) is 30.7 Å². The zero-order valence-corrected chi connectivity index (χ0v) is 10.6. The smallest absolute Gasteiger partial charge is 0.243 e. The Balaban J connectivity index is 2.88. The van der Waals surface area contributed by atoms with Crippen LogP contribution in [-0.2, 0) is 14.6 Å². The Morgan fingerprint density at radius 2 is 1.88 bits per heavy atom. The predicted molar refractivity (Wildman–Crippen MR) is 66.3 cm³/mol. The van der Waals surface area contributed by atoms with E-state index >= 15 is 0 Å². The number of nitrogens with one attached hydrogen (secondary N) is 1. The molecular weight excluding hydrogens is 238 g/mol. The fraction of sp³-hybridized carbons (Fsp3) is 0.250. The first-order valence-electron chi connectivity index (χ1n) is 5.07. The van der Waals surface area contributed by atoms with Gasteiger partial charge in [0, 0.05) is 6.26 Å². The molecule has 1 unspecified atom stereocenters. The average molecular weight is 253 g/mol. The second-order valence-electron chi connectivity index (χ2n) is 3.78. The van der Waals surface area contributed by atoms with Gasteiger partial charge in [-0.15, -0.1) is 0 Å². The molecule has 0 fully saturated rings. The highest BCUT2D eigenvalue weighted by Gasteiger charge is 2.10. The number of sulfone groups is 1. The molecule has 0 aliphatic rings. The predicted octanol–water partition coefficient (Wildman–Crippen LogP) is 1.45. The van der Waals surface area contributed by atoms with Gasteiger partial charge < -0.3 is 5.32 Å². The van der Waals surface area contributed by atoms with Crippen LogP contribution in [0.25, 0.3) is 0 Å². The Bertz CT molecular complexity index is 517. The number of carbonyl (C=O) groups is 1. The van der Waals surface area contributed by atoms with E-state index in [4.69, 9.17) is 0 Å². The summed E-state index contributed by atoms with van der Waals surface area (Å²) in [5, 5.41) is 2.70. The molecule has 0 aliphatic carbocycles. The lowest BCUT2D eigenvalue weighted by molar-refractivity contribution is -0.117. The van der Waals surface area contributed by atoms with Gasteiger partial charge in [0.2, 0.25) is 5.91 Å². The van der Waals surface area contributed by atoms with Gasteiger partial charge in [0.1, 0.15) is 0 Å². The molecule has 0 saturated carbocycles. The van der Waals surface area contributed by atoms with Gasteiger partial charge in [0.05, 0.1) is 10.9 Å². The molecule has 0 saturated heterocycles. The topological polar surface area (TPSA) is 63.2 Å². The van der Waals surface area contributed by atoms with E-state index < -0.39 is 9.84 Å². The molecule has 0 bridgehead atoms. The van der Waals surface area contributed by atoms with Crippen LogP contribution in [0.15, 0.2) is 41.8 Å². The molecule has 1 amide bonds. The van der Waals surface area contributed by atoms with Crippen molar-refractivity contribution in [3.05, 3.63) is 42.5 Å². The molecule has 1 aromatic carbocycles. The lowest BCUT2D eigenvalue weighted by Crippen LogP contribution is -2.24. The van der Waals surface area contributed by atoms with E-state index in [0.29, 0.717) is 0 Å². The zero-order chi connectivity index (χ0) is 13.1. The van der Waals surface area contributed by atoms with Crippen molar-refractivity contribution in [2.45, 2.75) is 17.9 Å². The van der Waals surface area contributed by atoms with E-state index in [-0.39, 0.29) is 16.8 Å². The summed E-state index contributed by atoms with van der Waals surface area (Å²) in [6, 6.07) is 6.24. The Morgan fingerprint density at radius 3 is 2.29 bits per heavy atom. The molecule has 0 aromatic heterocycles. The van der Waals surface area contributed by atoms with E-state index in [0.717, 1.165) is 11.8 Å². The number of carbonyl (C=O) groups excluding carboxylic acids is 1. The van der Waals surface area contributed by atoms with Gasteiger partial charge in [0.25, 0.3) is 0 Å². The van der Waals surface area contributed by atoms with E-state index in [1.54, 1.807) is 12.1 Å². The van der Waals surface area contributed by atoms with Crippen LogP contribution in [0.3, 0.4) is 0 Å². The first-order chi connectivity index (χ1) is 7.84. The molecule has 17 heavy (non-hydrogen) atoms. The largest absolute Gasteiger partial charge is 0.346 e. The normalized spacial score (nSPS) is 12.8. The van der Waals surface area contributed by atoms with E-state index in [1.165, 1.54) is 18.2 Å². The van der Waals surface area contributed by atoms with Crippen LogP contribution < -0.4 is 5.32 Å². The minimum atomic E-state index is -3.18. The number of hydrogen-bond acceptors (Lipinski definition) is 3. The van der Waals surface area contributed by atoms with Gasteiger partial charge in [-0.1, -0.05) is 18.7 Å². The third-order valence-electron chi connectivity index (χ3n) is 2.35. The van der Waals surface area contributed by atoms with Gasteiger partial charge >= 0.3 is 0 Å². The molecule has 1 aromatic rings. The highest BCUT2D eigenvalue weighted by atomic mass is 32.2. The SMILES string of the molecule is C=CC(=O)NC(C)c1ccc(S(C)(=O)=O)cc1. The van der Waals surface area contributed by atoms with Gasteiger partial charge in [-0.3, -0.25) is 4.79 Å². The molecule has 1 N–H and O–H groups in total. The van der Waals surface area contributed by atoms with Crippen LogP contribution in [0.1, 0.15) is 18.5 Å². The van der Waals surface area contributed by atoms with Crippen LogP contribution >= 0.6 is 0 Å². The highest BCUT2D eigenvalue weighted by Crippen LogP contribution is 2.16. The van der Waals surface area contributed by atoms with Crippen molar-refractivity contribution in [2.24, 2.45) is 0 Å². The number of amides is 1. The summed E-state index contributed by atoms with van der Waals surface area (Å²) in [4.78, 5) is 11.4. The van der Waals surface area contributed by atoms with Crippen LogP contribution in [0.5, 0.6) is 0 Å². The lowest BCUT2D eigenvalue weighted by atomic mass is 10.1. The molecule has 92 valence electrons. The molecular formula is C12H15NO3S. The second-order valence-corrected chi connectivity index (χ2v) is 5.79. The summed E-state index contributed by atoms with van der Waals surface area (Å²) in [6.45, 7) is 5.18.